The van der Waals surface area contributed by atoms with Gasteiger partial charge in [-0.05, 0) is 40.2 Å². The molecular weight excluding hydrogens is 388 g/mol. The van der Waals surface area contributed by atoms with Gasteiger partial charge in [0.2, 0.25) is 0 Å². The number of ether oxygens (including phenoxy) is 3. The fourth-order valence-corrected chi connectivity index (χ4v) is 2.38. The molecule has 0 aliphatic carbocycles. The van der Waals surface area contributed by atoms with Crippen molar-refractivity contribution < 1.29 is 27.8 Å². The molecule has 0 fully saturated rings. The number of benzene rings is 2. The first-order chi connectivity index (χ1) is 11.5. The van der Waals surface area contributed by atoms with Crippen LogP contribution in [0.15, 0.2) is 40.9 Å². The number of methoxy groups -OCH3 is 2. The Balaban J connectivity index is 2.30. The Labute approximate surface area is 145 Å². The third-order valence-corrected chi connectivity index (χ3v) is 3.72. The minimum atomic E-state index is -2.97. The highest BCUT2D eigenvalue weighted by Crippen LogP contribution is 2.32. The van der Waals surface area contributed by atoms with E-state index in [1.54, 1.807) is 24.3 Å². The van der Waals surface area contributed by atoms with Crippen molar-refractivity contribution in [3.63, 3.8) is 0 Å². The summed E-state index contributed by atoms with van der Waals surface area (Å²) in [7, 11) is 2.86. The van der Waals surface area contributed by atoms with Gasteiger partial charge in [0.15, 0.2) is 0 Å². The molecule has 0 saturated carbocycles. The Morgan fingerprint density at radius 2 is 1.71 bits per heavy atom. The van der Waals surface area contributed by atoms with Crippen molar-refractivity contribution in [3.05, 3.63) is 46.4 Å². The van der Waals surface area contributed by atoms with Gasteiger partial charge < -0.3 is 19.5 Å². The molecule has 2 aromatic carbocycles. The maximum absolute atomic E-state index is 12.5. The second-order valence-corrected chi connectivity index (χ2v) is 5.37. The van der Waals surface area contributed by atoms with E-state index in [9.17, 15) is 13.6 Å². The lowest BCUT2D eigenvalue weighted by atomic mass is 10.1. The summed E-state index contributed by atoms with van der Waals surface area (Å²) in [5, 5.41) is 2.60. The molecule has 24 heavy (non-hydrogen) atoms. The average molecular weight is 402 g/mol. The van der Waals surface area contributed by atoms with Crippen LogP contribution < -0.4 is 19.5 Å². The van der Waals surface area contributed by atoms with Crippen molar-refractivity contribution >= 4 is 27.5 Å². The quantitative estimate of drug-likeness (QED) is 0.782. The van der Waals surface area contributed by atoms with Crippen LogP contribution >= 0.6 is 15.9 Å². The van der Waals surface area contributed by atoms with E-state index in [0.717, 1.165) is 0 Å². The summed E-state index contributed by atoms with van der Waals surface area (Å²) in [5.41, 5.74) is 0.480. The van der Waals surface area contributed by atoms with Gasteiger partial charge in [0.1, 0.15) is 22.8 Å². The van der Waals surface area contributed by atoms with Crippen LogP contribution in [0.5, 0.6) is 17.2 Å². The molecule has 0 atom stereocenters. The Bertz CT molecular complexity index is 718. The van der Waals surface area contributed by atoms with Crippen LogP contribution in [0.1, 0.15) is 10.4 Å². The molecule has 0 spiro atoms. The summed E-state index contributed by atoms with van der Waals surface area (Å²) in [4.78, 5) is 12.5. The van der Waals surface area contributed by atoms with Gasteiger partial charge in [0.25, 0.3) is 5.91 Å². The van der Waals surface area contributed by atoms with Gasteiger partial charge >= 0.3 is 6.61 Å². The number of hydrogen-bond acceptors (Lipinski definition) is 4. The SMILES string of the molecule is COc1cccc(OC)c1C(=O)Nc1ccc(Br)c(OC(F)F)c1. The molecule has 0 bridgehead atoms. The zero-order chi connectivity index (χ0) is 17.7. The average Bonchev–Trinajstić information content (AvgIpc) is 2.56. The lowest BCUT2D eigenvalue weighted by Crippen LogP contribution is -2.15. The van der Waals surface area contributed by atoms with Crippen LogP contribution in [0, 0.1) is 0 Å². The number of amides is 1. The summed E-state index contributed by atoms with van der Waals surface area (Å²) in [6.45, 7) is -2.97. The molecule has 0 radical (unpaired) electrons. The zero-order valence-electron chi connectivity index (χ0n) is 12.8. The maximum atomic E-state index is 12.5. The van der Waals surface area contributed by atoms with Crippen LogP contribution in [0.2, 0.25) is 0 Å². The molecule has 5 nitrogen and oxygen atoms in total. The van der Waals surface area contributed by atoms with E-state index in [1.165, 1.54) is 26.4 Å². The van der Waals surface area contributed by atoms with Gasteiger partial charge in [-0.3, -0.25) is 4.79 Å². The largest absolute Gasteiger partial charge is 0.496 e. The zero-order valence-corrected chi connectivity index (χ0v) is 14.4. The lowest BCUT2D eigenvalue weighted by Gasteiger charge is -2.14. The van der Waals surface area contributed by atoms with E-state index in [1.807, 2.05) is 0 Å². The predicted octanol–water partition coefficient (Wildman–Crippen LogP) is 4.32. The predicted molar refractivity (Wildman–Crippen MR) is 88.3 cm³/mol. The third-order valence-electron chi connectivity index (χ3n) is 3.06. The van der Waals surface area contributed by atoms with Gasteiger partial charge in [-0.1, -0.05) is 6.07 Å². The summed E-state index contributed by atoms with van der Waals surface area (Å²) < 4.78 is 39.9. The number of hydrogen-bond donors (Lipinski definition) is 1. The maximum Gasteiger partial charge on any atom is 0.387 e. The Kier molecular flexibility index (Phi) is 5.97. The minimum Gasteiger partial charge on any atom is -0.496 e. The van der Waals surface area contributed by atoms with Gasteiger partial charge in [0.05, 0.1) is 18.7 Å². The Hall–Kier alpha value is -2.35. The van der Waals surface area contributed by atoms with E-state index < -0.39 is 12.5 Å². The Morgan fingerprint density at radius 1 is 1.08 bits per heavy atom. The molecule has 0 unspecified atom stereocenters. The highest BCUT2D eigenvalue weighted by atomic mass is 79.9. The molecule has 0 aliphatic heterocycles. The van der Waals surface area contributed by atoms with Crippen LogP contribution in [0.4, 0.5) is 14.5 Å². The minimum absolute atomic E-state index is 0.0882. The molecular formula is C16H14BrF2NO4. The van der Waals surface area contributed by atoms with E-state index in [4.69, 9.17) is 9.47 Å². The first-order valence-corrected chi connectivity index (χ1v) is 7.52. The molecule has 1 N–H and O–H groups in total. The second kappa shape index (κ2) is 7.96. The first kappa shape index (κ1) is 18.0. The number of carbonyl (C=O) groups excluding carboxylic acids is 1. The number of carbonyl (C=O) groups is 1. The summed E-state index contributed by atoms with van der Waals surface area (Å²) in [6.07, 6.45) is 0. The van der Waals surface area contributed by atoms with Gasteiger partial charge in [-0.2, -0.15) is 8.78 Å². The summed E-state index contributed by atoms with van der Waals surface area (Å²) in [5.74, 6) is 0.0606. The number of halogens is 3. The molecule has 8 heteroatoms. The van der Waals surface area contributed by atoms with Crippen LogP contribution in [0.25, 0.3) is 0 Å². The number of nitrogens with one attached hydrogen (secondary N) is 1. The van der Waals surface area contributed by atoms with Crippen molar-refractivity contribution in [1.29, 1.82) is 0 Å². The summed E-state index contributed by atoms with van der Waals surface area (Å²) >= 11 is 3.10. The van der Waals surface area contributed by atoms with Gasteiger partial charge in [-0.15, -0.1) is 0 Å². The molecule has 2 rings (SSSR count). The van der Waals surface area contributed by atoms with E-state index in [-0.39, 0.29) is 17.0 Å². The smallest absolute Gasteiger partial charge is 0.387 e. The van der Waals surface area contributed by atoms with E-state index in [2.05, 4.69) is 26.0 Å². The van der Waals surface area contributed by atoms with Crippen molar-refractivity contribution in [3.8, 4) is 17.2 Å². The first-order valence-electron chi connectivity index (χ1n) is 6.73. The molecule has 0 aromatic heterocycles. The monoisotopic (exact) mass is 401 g/mol. The number of anilines is 1. The van der Waals surface area contributed by atoms with Crippen LogP contribution in [-0.2, 0) is 0 Å². The molecule has 1 amide bonds. The number of alkyl halides is 2. The van der Waals surface area contributed by atoms with E-state index in [0.29, 0.717) is 16.0 Å². The fraction of sp³-hybridized carbons (Fsp3) is 0.188. The van der Waals surface area contributed by atoms with Crippen LogP contribution in [0.3, 0.4) is 0 Å². The Morgan fingerprint density at radius 3 is 2.25 bits per heavy atom. The highest BCUT2D eigenvalue weighted by molar-refractivity contribution is 9.10. The van der Waals surface area contributed by atoms with Crippen molar-refractivity contribution in [2.75, 3.05) is 19.5 Å². The lowest BCUT2D eigenvalue weighted by molar-refractivity contribution is -0.0503. The molecule has 0 aliphatic rings. The van der Waals surface area contributed by atoms with Gasteiger partial charge in [-0.25, -0.2) is 0 Å². The van der Waals surface area contributed by atoms with Crippen LogP contribution in [-0.4, -0.2) is 26.7 Å². The van der Waals surface area contributed by atoms with Crippen molar-refractivity contribution in [2.24, 2.45) is 0 Å². The summed E-state index contributed by atoms with van der Waals surface area (Å²) in [6, 6.07) is 9.24. The standard InChI is InChI=1S/C16H14BrF2NO4/c1-22-11-4-3-5-12(23-2)14(11)15(21)20-9-6-7-10(17)13(8-9)24-16(18)19/h3-8,16H,1-2H3,(H,20,21). The molecule has 128 valence electrons. The number of rotatable bonds is 6. The second-order valence-electron chi connectivity index (χ2n) is 4.52. The normalized spacial score (nSPS) is 10.4. The molecule has 0 heterocycles. The van der Waals surface area contributed by atoms with E-state index >= 15 is 0 Å². The third kappa shape index (κ3) is 4.14. The fourth-order valence-electron chi connectivity index (χ4n) is 2.04. The van der Waals surface area contributed by atoms with Gasteiger partial charge in [0, 0.05) is 11.8 Å². The van der Waals surface area contributed by atoms with Crippen molar-refractivity contribution in [1.82, 2.24) is 0 Å². The topological polar surface area (TPSA) is 56.8 Å². The highest BCUT2D eigenvalue weighted by Gasteiger charge is 2.19. The molecule has 0 saturated heterocycles. The molecule has 2 aromatic rings. The van der Waals surface area contributed by atoms with Crippen molar-refractivity contribution in [2.45, 2.75) is 6.61 Å².